The minimum Gasteiger partial charge on any atom is -0.490 e. The number of thioether (sulfide) groups is 1. The second-order valence-corrected chi connectivity index (χ2v) is 9.21. The highest BCUT2D eigenvalue weighted by atomic mass is 32.2. The van der Waals surface area contributed by atoms with Crippen LogP contribution in [0.1, 0.15) is 25.5 Å². The highest BCUT2D eigenvalue weighted by molar-refractivity contribution is 8.26. The van der Waals surface area contributed by atoms with Gasteiger partial charge in [-0.2, -0.15) is 5.10 Å². The van der Waals surface area contributed by atoms with Gasteiger partial charge in [0.25, 0.3) is 5.91 Å². The van der Waals surface area contributed by atoms with E-state index in [1.54, 1.807) is 33.9 Å². The summed E-state index contributed by atoms with van der Waals surface area (Å²) < 4.78 is 7.37. The van der Waals surface area contributed by atoms with Gasteiger partial charge in [-0.1, -0.05) is 55.5 Å². The molecule has 0 radical (unpaired) electrons. The molecule has 0 bridgehead atoms. The Morgan fingerprint density at radius 2 is 1.97 bits per heavy atom. The summed E-state index contributed by atoms with van der Waals surface area (Å²) in [6.07, 6.45) is 3.61. The lowest BCUT2D eigenvalue weighted by Gasteiger charge is -2.13. The summed E-state index contributed by atoms with van der Waals surface area (Å²) in [5.41, 5.74) is 2.40. The van der Waals surface area contributed by atoms with Crippen LogP contribution in [0.2, 0.25) is 0 Å². The molecule has 0 atom stereocenters. The Hall–Kier alpha value is -3.50. The van der Waals surface area contributed by atoms with Crippen molar-refractivity contribution in [2.75, 3.05) is 13.7 Å². The van der Waals surface area contributed by atoms with Gasteiger partial charge in [-0.15, -0.1) is 0 Å². The first kappa shape index (κ1) is 23.7. The molecule has 8 nitrogen and oxygen atoms in total. The second kappa shape index (κ2) is 10.2. The molecule has 2 heterocycles. The van der Waals surface area contributed by atoms with Gasteiger partial charge in [-0.3, -0.25) is 19.8 Å². The summed E-state index contributed by atoms with van der Waals surface area (Å²) in [4.78, 5) is 26.1. The monoisotopic (exact) mass is 494 g/mol. The number of hydrogen-bond acceptors (Lipinski definition) is 7. The van der Waals surface area contributed by atoms with Gasteiger partial charge in [0.2, 0.25) is 0 Å². The molecule has 1 fully saturated rings. The van der Waals surface area contributed by atoms with Gasteiger partial charge in [-0.25, -0.2) is 4.68 Å². The zero-order chi connectivity index (χ0) is 24.2. The number of rotatable bonds is 8. The smallest absolute Gasteiger partial charge is 0.311 e. The maximum atomic E-state index is 13.0. The largest absolute Gasteiger partial charge is 0.490 e. The van der Waals surface area contributed by atoms with Crippen molar-refractivity contribution in [1.29, 1.82) is 0 Å². The highest BCUT2D eigenvalue weighted by Crippen LogP contribution is 2.35. The fraction of sp³-hybridized carbons (Fsp3) is 0.208. The summed E-state index contributed by atoms with van der Waals surface area (Å²) >= 11 is 6.69. The minimum atomic E-state index is -0.487. The van der Waals surface area contributed by atoms with Crippen LogP contribution in [0.25, 0.3) is 23.0 Å². The molecule has 1 aliphatic heterocycles. The molecule has 1 saturated heterocycles. The first-order valence-electron chi connectivity index (χ1n) is 10.7. The fourth-order valence-electron chi connectivity index (χ4n) is 3.55. The number of methoxy groups -OCH3 is 1. The Bertz CT molecular complexity index is 1290. The predicted molar refractivity (Wildman–Crippen MR) is 137 cm³/mol. The first-order valence-corrected chi connectivity index (χ1v) is 11.9. The maximum Gasteiger partial charge on any atom is 0.311 e. The van der Waals surface area contributed by atoms with Gasteiger partial charge in [-0.05, 0) is 42.8 Å². The van der Waals surface area contributed by atoms with Crippen molar-refractivity contribution in [3.63, 3.8) is 0 Å². The lowest BCUT2D eigenvalue weighted by molar-refractivity contribution is -0.385. The number of para-hydroxylation sites is 1. The van der Waals surface area contributed by atoms with E-state index < -0.39 is 4.92 Å². The molecule has 1 amide bonds. The minimum absolute atomic E-state index is 0.120. The van der Waals surface area contributed by atoms with E-state index in [1.165, 1.54) is 24.9 Å². The van der Waals surface area contributed by atoms with Crippen molar-refractivity contribution in [2.45, 2.75) is 19.8 Å². The number of thiocarbonyl (C=S) groups is 1. The molecule has 4 rings (SSSR count). The molecular formula is C24H22N4O4S2. The van der Waals surface area contributed by atoms with Crippen LogP contribution in [0.5, 0.6) is 5.75 Å². The summed E-state index contributed by atoms with van der Waals surface area (Å²) in [6, 6.07) is 16.0. The van der Waals surface area contributed by atoms with E-state index in [0.717, 1.165) is 18.5 Å². The zero-order valence-corrected chi connectivity index (χ0v) is 20.3. The fourth-order valence-corrected chi connectivity index (χ4v) is 4.84. The number of carbonyl (C=O) groups excluding carboxylic acids is 1. The Morgan fingerprint density at radius 3 is 2.65 bits per heavy atom. The number of hydrogen-bond donors (Lipinski definition) is 0. The lowest BCUT2D eigenvalue weighted by Crippen LogP contribution is -2.28. The number of benzene rings is 2. The van der Waals surface area contributed by atoms with Crippen LogP contribution in [-0.2, 0) is 4.79 Å². The van der Waals surface area contributed by atoms with E-state index in [0.29, 0.717) is 32.7 Å². The van der Waals surface area contributed by atoms with Crippen LogP contribution in [0, 0.1) is 10.1 Å². The number of nitrogens with zero attached hydrogens (tertiary/aromatic N) is 4. The van der Waals surface area contributed by atoms with Crippen molar-refractivity contribution in [3.05, 3.63) is 75.3 Å². The molecule has 10 heteroatoms. The van der Waals surface area contributed by atoms with Gasteiger partial charge in [0.05, 0.1) is 34.0 Å². The van der Waals surface area contributed by atoms with Gasteiger partial charge in [0.1, 0.15) is 4.32 Å². The van der Waals surface area contributed by atoms with Gasteiger partial charge in [0.15, 0.2) is 5.75 Å². The van der Waals surface area contributed by atoms with Crippen LogP contribution in [-0.4, -0.2) is 43.5 Å². The number of ether oxygens (including phenoxy) is 1. The average molecular weight is 495 g/mol. The van der Waals surface area contributed by atoms with Crippen molar-refractivity contribution in [3.8, 4) is 22.7 Å². The third-order valence-corrected chi connectivity index (χ3v) is 6.67. The van der Waals surface area contributed by atoms with Crippen molar-refractivity contribution in [1.82, 2.24) is 14.7 Å². The van der Waals surface area contributed by atoms with E-state index in [-0.39, 0.29) is 17.3 Å². The summed E-state index contributed by atoms with van der Waals surface area (Å²) in [5.74, 6) is 0.0538. The molecule has 0 unspecified atom stereocenters. The lowest BCUT2D eigenvalue weighted by atomic mass is 10.1. The highest BCUT2D eigenvalue weighted by Gasteiger charge is 2.32. The maximum absolute atomic E-state index is 13.0. The molecule has 1 aromatic heterocycles. The Kier molecular flexibility index (Phi) is 7.09. The number of carbonyl (C=O) groups is 1. The van der Waals surface area contributed by atoms with Crippen molar-refractivity contribution in [2.24, 2.45) is 0 Å². The van der Waals surface area contributed by atoms with Crippen molar-refractivity contribution >= 4 is 46.0 Å². The SMILES string of the molecule is CCCCN1C(=O)C(=Cc2cc(-c3ccc(OC)c([N+](=O)[O-])c3)nn2-c2ccccc2)SC1=S. The average Bonchev–Trinajstić information content (AvgIpc) is 3.38. The summed E-state index contributed by atoms with van der Waals surface area (Å²) in [6.45, 7) is 2.66. The van der Waals surface area contributed by atoms with E-state index in [4.69, 9.17) is 22.1 Å². The van der Waals surface area contributed by atoms with Crippen LogP contribution >= 0.6 is 24.0 Å². The molecule has 0 spiro atoms. The standard InChI is InChI=1S/C24H22N4O4S2/c1-3-4-12-26-23(29)22(34-24(26)33)15-18-14-19(25-27(18)17-8-6-5-7-9-17)16-10-11-21(32-2)20(13-16)28(30)31/h5-11,13-15H,3-4,12H2,1-2H3. The molecular weight excluding hydrogens is 472 g/mol. The quantitative estimate of drug-likeness (QED) is 0.178. The third-order valence-electron chi connectivity index (χ3n) is 5.30. The summed E-state index contributed by atoms with van der Waals surface area (Å²) in [5, 5.41) is 16.2. The molecule has 0 saturated carbocycles. The molecule has 0 N–H and O–H groups in total. The molecule has 2 aromatic carbocycles. The predicted octanol–water partition coefficient (Wildman–Crippen LogP) is 5.46. The van der Waals surface area contributed by atoms with Gasteiger partial charge in [0, 0.05) is 18.2 Å². The number of nitro benzene ring substituents is 1. The topological polar surface area (TPSA) is 90.5 Å². The number of amides is 1. The first-order chi connectivity index (χ1) is 16.4. The summed E-state index contributed by atoms with van der Waals surface area (Å²) in [7, 11) is 1.39. The molecule has 0 aliphatic carbocycles. The number of unbranched alkanes of at least 4 members (excludes halogenated alkanes) is 1. The van der Waals surface area contributed by atoms with E-state index >= 15 is 0 Å². The van der Waals surface area contributed by atoms with Gasteiger partial charge < -0.3 is 4.74 Å². The zero-order valence-electron chi connectivity index (χ0n) is 18.6. The van der Waals surface area contributed by atoms with E-state index in [9.17, 15) is 14.9 Å². The molecule has 174 valence electrons. The normalized spacial score (nSPS) is 14.8. The Labute approximate surface area is 206 Å². The number of nitro groups is 1. The van der Waals surface area contributed by atoms with E-state index in [2.05, 4.69) is 6.92 Å². The Morgan fingerprint density at radius 1 is 1.21 bits per heavy atom. The third kappa shape index (κ3) is 4.73. The Balaban J connectivity index is 1.79. The van der Waals surface area contributed by atoms with Gasteiger partial charge >= 0.3 is 5.69 Å². The van der Waals surface area contributed by atoms with Crippen LogP contribution in [0.3, 0.4) is 0 Å². The number of aromatic nitrogens is 2. The van der Waals surface area contributed by atoms with Crippen molar-refractivity contribution < 1.29 is 14.5 Å². The van der Waals surface area contributed by atoms with E-state index in [1.807, 2.05) is 30.3 Å². The second-order valence-electron chi connectivity index (χ2n) is 7.53. The molecule has 1 aliphatic rings. The van der Waals surface area contributed by atoms with Crippen LogP contribution in [0.4, 0.5) is 5.69 Å². The van der Waals surface area contributed by atoms with Crippen LogP contribution in [0.15, 0.2) is 59.5 Å². The molecule has 3 aromatic rings. The van der Waals surface area contributed by atoms with Crippen LogP contribution < -0.4 is 4.74 Å². The molecule has 34 heavy (non-hydrogen) atoms.